The minimum Gasteiger partial charge on any atom is -0.239 e. The standard InChI is InChI=1S/C14H18F2/c1-13(2,3)11-8-14(16,9-11)10-5-4-6-12(15)7-10/h4-7,11H,8-9H2,1-3H3. The first-order chi connectivity index (χ1) is 7.31. The Kier molecular flexibility index (Phi) is 2.56. The molecule has 0 atom stereocenters. The molecular formula is C14H18F2. The Hall–Kier alpha value is -0.920. The molecular weight excluding hydrogens is 206 g/mol. The number of rotatable bonds is 1. The molecule has 0 unspecified atom stereocenters. The fraction of sp³-hybridized carbons (Fsp3) is 0.571. The summed E-state index contributed by atoms with van der Waals surface area (Å²) in [4.78, 5) is 0. The van der Waals surface area contributed by atoms with Gasteiger partial charge < -0.3 is 0 Å². The highest BCUT2D eigenvalue weighted by Crippen LogP contribution is 2.55. The summed E-state index contributed by atoms with van der Waals surface area (Å²) in [7, 11) is 0. The molecule has 0 nitrogen and oxygen atoms in total. The van der Waals surface area contributed by atoms with Crippen LogP contribution >= 0.6 is 0 Å². The van der Waals surface area contributed by atoms with Crippen molar-refractivity contribution in [1.82, 2.24) is 0 Å². The van der Waals surface area contributed by atoms with E-state index in [1.165, 1.54) is 12.1 Å². The Morgan fingerprint density at radius 1 is 1.25 bits per heavy atom. The van der Waals surface area contributed by atoms with Gasteiger partial charge in [0, 0.05) is 0 Å². The van der Waals surface area contributed by atoms with Gasteiger partial charge in [0.05, 0.1) is 0 Å². The van der Waals surface area contributed by atoms with Crippen LogP contribution in [0.4, 0.5) is 8.78 Å². The molecule has 0 heterocycles. The number of hydrogen-bond acceptors (Lipinski definition) is 0. The third-order valence-electron chi connectivity index (χ3n) is 3.71. The van der Waals surface area contributed by atoms with Crippen molar-refractivity contribution in [1.29, 1.82) is 0 Å². The summed E-state index contributed by atoms with van der Waals surface area (Å²) in [6, 6.07) is 5.93. The third kappa shape index (κ3) is 1.98. The molecule has 0 spiro atoms. The Labute approximate surface area is 95.7 Å². The molecule has 1 aromatic rings. The van der Waals surface area contributed by atoms with E-state index in [9.17, 15) is 8.78 Å². The van der Waals surface area contributed by atoms with Crippen LogP contribution in [0.1, 0.15) is 39.2 Å². The summed E-state index contributed by atoms with van der Waals surface area (Å²) in [6.07, 6.45) is 1.03. The van der Waals surface area contributed by atoms with E-state index in [0.29, 0.717) is 24.3 Å². The second-order valence-electron chi connectivity index (χ2n) is 5.95. The van der Waals surface area contributed by atoms with Crippen LogP contribution in [0.3, 0.4) is 0 Å². The molecule has 2 heteroatoms. The molecule has 0 radical (unpaired) electrons. The molecule has 0 saturated heterocycles. The first-order valence-electron chi connectivity index (χ1n) is 5.76. The van der Waals surface area contributed by atoms with Gasteiger partial charge in [0.25, 0.3) is 0 Å². The van der Waals surface area contributed by atoms with E-state index in [-0.39, 0.29) is 11.2 Å². The fourth-order valence-corrected chi connectivity index (χ4v) is 2.34. The van der Waals surface area contributed by atoms with Crippen LogP contribution in [0.2, 0.25) is 0 Å². The van der Waals surface area contributed by atoms with Gasteiger partial charge >= 0.3 is 0 Å². The monoisotopic (exact) mass is 224 g/mol. The summed E-state index contributed by atoms with van der Waals surface area (Å²) >= 11 is 0. The van der Waals surface area contributed by atoms with E-state index >= 15 is 0 Å². The predicted molar refractivity (Wildman–Crippen MR) is 61.4 cm³/mol. The van der Waals surface area contributed by atoms with Gasteiger partial charge in [0.1, 0.15) is 11.5 Å². The van der Waals surface area contributed by atoms with Crippen molar-refractivity contribution in [2.45, 2.75) is 39.3 Å². The topological polar surface area (TPSA) is 0 Å². The lowest BCUT2D eigenvalue weighted by molar-refractivity contribution is -0.0478. The largest absolute Gasteiger partial charge is 0.239 e. The van der Waals surface area contributed by atoms with Gasteiger partial charge in [-0.25, -0.2) is 8.78 Å². The van der Waals surface area contributed by atoms with Crippen LogP contribution in [-0.4, -0.2) is 0 Å². The van der Waals surface area contributed by atoms with Crippen LogP contribution in [0.15, 0.2) is 24.3 Å². The smallest absolute Gasteiger partial charge is 0.136 e. The molecule has 0 bridgehead atoms. The zero-order valence-electron chi connectivity index (χ0n) is 10.1. The maximum Gasteiger partial charge on any atom is 0.136 e. The van der Waals surface area contributed by atoms with Crippen LogP contribution in [0.5, 0.6) is 0 Å². The minimum atomic E-state index is -1.31. The van der Waals surface area contributed by atoms with E-state index in [1.807, 2.05) is 0 Å². The van der Waals surface area contributed by atoms with Gasteiger partial charge in [0.2, 0.25) is 0 Å². The lowest BCUT2D eigenvalue weighted by Gasteiger charge is -2.48. The first-order valence-corrected chi connectivity index (χ1v) is 5.76. The molecule has 0 N–H and O–H groups in total. The highest BCUT2D eigenvalue weighted by atomic mass is 19.1. The lowest BCUT2D eigenvalue weighted by atomic mass is 9.59. The Balaban J connectivity index is 2.14. The van der Waals surface area contributed by atoms with Gasteiger partial charge in [-0.05, 0) is 41.9 Å². The van der Waals surface area contributed by atoms with Crippen molar-refractivity contribution in [3.8, 4) is 0 Å². The van der Waals surface area contributed by atoms with Crippen LogP contribution in [0.25, 0.3) is 0 Å². The summed E-state index contributed by atoms with van der Waals surface area (Å²) in [5.41, 5.74) is -0.670. The molecule has 1 aliphatic rings. The average molecular weight is 224 g/mol. The number of halogens is 2. The molecule has 1 aromatic carbocycles. The van der Waals surface area contributed by atoms with Crippen LogP contribution in [0, 0.1) is 17.2 Å². The summed E-state index contributed by atoms with van der Waals surface area (Å²) in [5, 5.41) is 0. The number of hydrogen-bond donors (Lipinski definition) is 0. The lowest BCUT2D eigenvalue weighted by Crippen LogP contribution is -2.43. The van der Waals surface area contributed by atoms with Crippen molar-refractivity contribution in [3.05, 3.63) is 35.6 Å². The summed E-state index contributed by atoms with van der Waals surface area (Å²) < 4.78 is 27.5. The zero-order chi connectivity index (χ0) is 12.0. The molecule has 2 rings (SSSR count). The predicted octanol–water partition coefficient (Wildman–Crippen LogP) is 4.45. The third-order valence-corrected chi connectivity index (χ3v) is 3.71. The molecule has 0 amide bonds. The molecule has 1 aliphatic carbocycles. The quantitative estimate of drug-likeness (QED) is 0.661. The molecule has 1 fully saturated rings. The van der Waals surface area contributed by atoms with Crippen molar-refractivity contribution in [2.24, 2.45) is 11.3 Å². The van der Waals surface area contributed by atoms with Crippen molar-refractivity contribution in [2.75, 3.05) is 0 Å². The SMILES string of the molecule is CC(C)(C)C1CC(F)(c2cccc(F)c2)C1. The Morgan fingerprint density at radius 3 is 2.38 bits per heavy atom. The van der Waals surface area contributed by atoms with Gasteiger partial charge in [0.15, 0.2) is 0 Å². The van der Waals surface area contributed by atoms with E-state index < -0.39 is 5.67 Å². The average Bonchev–Trinajstić information content (AvgIpc) is 2.11. The second kappa shape index (κ2) is 3.54. The molecule has 16 heavy (non-hydrogen) atoms. The first kappa shape index (κ1) is 11.6. The number of benzene rings is 1. The zero-order valence-corrected chi connectivity index (χ0v) is 10.1. The van der Waals surface area contributed by atoms with E-state index in [2.05, 4.69) is 20.8 Å². The highest BCUT2D eigenvalue weighted by molar-refractivity contribution is 5.26. The maximum absolute atomic E-state index is 14.4. The minimum absolute atomic E-state index is 0.142. The molecule has 0 aromatic heterocycles. The van der Waals surface area contributed by atoms with Gasteiger partial charge in [-0.2, -0.15) is 0 Å². The van der Waals surface area contributed by atoms with Gasteiger partial charge in [-0.15, -0.1) is 0 Å². The Morgan fingerprint density at radius 2 is 1.88 bits per heavy atom. The molecule has 88 valence electrons. The van der Waals surface area contributed by atoms with Crippen molar-refractivity contribution in [3.63, 3.8) is 0 Å². The fourth-order valence-electron chi connectivity index (χ4n) is 2.34. The summed E-state index contributed by atoms with van der Waals surface area (Å²) in [6.45, 7) is 6.38. The van der Waals surface area contributed by atoms with Gasteiger partial charge in [-0.1, -0.05) is 32.9 Å². The van der Waals surface area contributed by atoms with E-state index in [4.69, 9.17) is 0 Å². The Bertz CT molecular complexity index is 384. The number of alkyl halides is 1. The van der Waals surface area contributed by atoms with Gasteiger partial charge in [-0.3, -0.25) is 0 Å². The molecule has 1 saturated carbocycles. The normalized spacial score (nSPS) is 29.9. The summed E-state index contributed by atoms with van der Waals surface area (Å²) in [5.74, 6) is 0.0366. The van der Waals surface area contributed by atoms with Crippen LogP contribution < -0.4 is 0 Å². The van der Waals surface area contributed by atoms with Crippen LogP contribution in [-0.2, 0) is 5.67 Å². The van der Waals surface area contributed by atoms with E-state index in [0.717, 1.165) is 0 Å². The highest BCUT2D eigenvalue weighted by Gasteiger charge is 2.50. The molecule has 0 aliphatic heterocycles. The maximum atomic E-state index is 14.4. The second-order valence-corrected chi connectivity index (χ2v) is 5.95. The van der Waals surface area contributed by atoms with Crippen molar-refractivity contribution >= 4 is 0 Å². The van der Waals surface area contributed by atoms with E-state index in [1.54, 1.807) is 12.1 Å². The van der Waals surface area contributed by atoms with Crippen molar-refractivity contribution < 1.29 is 8.78 Å².